The van der Waals surface area contributed by atoms with Crippen molar-refractivity contribution in [2.75, 3.05) is 0 Å². The summed E-state index contributed by atoms with van der Waals surface area (Å²) < 4.78 is 0. The smallest absolute Gasteiger partial charge is 0.251 e. The van der Waals surface area contributed by atoms with Gasteiger partial charge in [0, 0.05) is 28.5 Å². The monoisotopic (exact) mass is 291 g/mol. The molecule has 2 aromatic rings. The maximum Gasteiger partial charge on any atom is 0.251 e. The second-order valence-corrected chi connectivity index (χ2v) is 5.08. The molecule has 104 valence electrons. The van der Waals surface area contributed by atoms with Crippen LogP contribution in [0.4, 0.5) is 0 Å². The second kappa shape index (κ2) is 5.74. The first-order valence-corrected chi connectivity index (χ1v) is 6.52. The van der Waals surface area contributed by atoms with Crippen LogP contribution < -0.4 is 11.3 Å². The van der Waals surface area contributed by atoms with Crippen LogP contribution in [-0.4, -0.2) is 26.0 Å². The summed E-state index contributed by atoms with van der Waals surface area (Å²) in [6.45, 7) is 3.61. The third kappa shape index (κ3) is 2.97. The Labute approximate surface area is 119 Å². The van der Waals surface area contributed by atoms with Gasteiger partial charge in [0.1, 0.15) is 0 Å². The van der Waals surface area contributed by atoms with Crippen LogP contribution in [0.5, 0.6) is 0 Å². The fourth-order valence-electron chi connectivity index (χ4n) is 1.74. The molecule has 0 unspecified atom stereocenters. The van der Waals surface area contributed by atoms with E-state index in [0.29, 0.717) is 21.3 Å². The molecule has 4 N–H and O–H groups in total. The molecular formula is C12H13N5O2S. The van der Waals surface area contributed by atoms with Gasteiger partial charge in [0.05, 0.1) is 5.56 Å². The predicted molar refractivity (Wildman–Crippen MR) is 75.2 cm³/mol. The van der Waals surface area contributed by atoms with Gasteiger partial charge in [-0.2, -0.15) is 0 Å². The maximum atomic E-state index is 11.3. The Morgan fingerprint density at radius 1 is 1.50 bits per heavy atom. The lowest BCUT2D eigenvalue weighted by Gasteiger charge is -2.11. The molecule has 0 saturated heterocycles. The van der Waals surface area contributed by atoms with E-state index >= 15 is 0 Å². The number of rotatable bonds is 3. The van der Waals surface area contributed by atoms with Crippen molar-refractivity contribution in [1.29, 1.82) is 0 Å². The van der Waals surface area contributed by atoms with Gasteiger partial charge in [-0.1, -0.05) is 16.9 Å². The van der Waals surface area contributed by atoms with Crippen molar-refractivity contribution in [1.82, 2.24) is 15.0 Å². The van der Waals surface area contributed by atoms with E-state index in [1.54, 1.807) is 13.0 Å². The van der Waals surface area contributed by atoms with Gasteiger partial charge in [0.2, 0.25) is 0 Å². The summed E-state index contributed by atoms with van der Waals surface area (Å²) in [6, 6.07) is 3.12. The van der Waals surface area contributed by atoms with Gasteiger partial charge in [-0.05, 0) is 19.9 Å². The number of oxime groups is 1. The molecule has 0 aliphatic heterocycles. The number of hydrogen-bond donors (Lipinski definition) is 3. The van der Waals surface area contributed by atoms with Crippen molar-refractivity contribution in [3.8, 4) is 0 Å². The van der Waals surface area contributed by atoms with E-state index < -0.39 is 0 Å². The topological polar surface area (TPSA) is 117 Å². The molecule has 0 saturated carbocycles. The lowest BCUT2D eigenvalue weighted by atomic mass is 10.1. The summed E-state index contributed by atoms with van der Waals surface area (Å²) in [5.74, 6) is -0.0317. The first-order valence-electron chi connectivity index (χ1n) is 5.70. The first-order chi connectivity index (χ1) is 9.51. The van der Waals surface area contributed by atoms with Crippen molar-refractivity contribution in [2.24, 2.45) is 10.9 Å². The summed E-state index contributed by atoms with van der Waals surface area (Å²) in [7, 11) is 0. The van der Waals surface area contributed by atoms with E-state index in [9.17, 15) is 4.79 Å². The van der Waals surface area contributed by atoms with Crippen molar-refractivity contribution in [3.05, 3.63) is 45.6 Å². The van der Waals surface area contributed by atoms with Crippen molar-refractivity contribution < 1.29 is 5.21 Å². The SMILES string of the molecule is Cc1cc(Sc2nccc(=O)[nH]2)c(/C(N)=N/O)c(C)n1. The number of amidine groups is 1. The van der Waals surface area contributed by atoms with E-state index in [0.717, 1.165) is 5.69 Å². The molecule has 0 radical (unpaired) electrons. The van der Waals surface area contributed by atoms with Crippen LogP contribution in [0, 0.1) is 13.8 Å². The van der Waals surface area contributed by atoms with E-state index in [2.05, 4.69) is 20.1 Å². The summed E-state index contributed by atoms with van der Waals surface area (Å²) in [6.07, 6.45) is 1.42. The number of H-pyrrole nitrogens is 1. The minimum Gasteiger partial charge on any atom is -0.409 e. The van der Waals surface area contributed by atoms with Gasteiger partial charge < -0.3 is 15.9 Å². The van der Waals surface area contributed by atoms with Crippen LogP contribution in [-0.2, 0) is 0 Å². The number of aromatic nitrogens is 3. The van der Waals surface area contributed by atoms with Gasteiger partial charge in [-0.25, -0.2) is 4.98 Å². The Balaban J connectivity index is 2.53. The molecule has 7 nitrogen and oxygen atoms in total. The number of pyridine rings is 1. The number of nitrogens with zero attached hydrogens (tertiary/aromatic N) is 3. The number of nitrogens with one attached hydrogen (secondary N) is 1. The van der Waals surface area contributed by atoms with Crippen molar-refractivity contribution >= 4 is 17.6 Å². The molecule has 2 heterocycles. The molecule has 20 heavy (non-hydrogen) atoms. The average molecular weight is 291 g/mol. The average Bonchev–Trinajstić information content (AvgIpc) is 2.37. The van der Waals surface area contributed by atoms with Crippen LogP contribution in [0.1, 0.15) is 17.0 Å². The Hall–Kier alpha value is -2.35. The third-order valence-corrected chi connectivity index (χ3v) is 3.45. The number of aryl methyl sites for hydroxylation is 2. The van der Waals surface area contributed by atoms with Crippen LogP contribution >= 0.6 is 11.8 Å². The highest BCUT2D eigenvalue weighted by Crippen LogP contribution is 2.29. The second-order valence-electron chi connectivity index (χ2n) is 4.05. The minimum absolute atomic E-state index is 0.0317. The van der Waals surface area contributed by atoms with Crippen LogP contribution in [0.25, 0.3) is 0 Å². The molecule has 0 aliphatic rings. The largest absolute Gasteiger partial charge is 0.409 e. The standard InChI is InChI=1S/C12H13N5O2S/c1-6-5-8(10(7(2)15-6)11(13)17-19)20-12-14-4-3-9(18)16-12/h3-5,19H,1-2H3,(H2,13,17)(H,14,16,18). The Morgan fingerprint density at radius 2 is 2.25 bits per heavy atom. The Kier molecular flexibility index (Phi) is 4.04. The quantitative estimate of drug-likeness (QED) is 0.255. The summed E-state index contributed by atoms with van der Waals surface area (Å²) >= 11 is 1.22. The third-order valence-electron chi connectivity index (χ3n) is 2.51. The zero-order chi connectivity index (χ0) is 14.7. The molecule has 0 amide bonds. The zero-order valence-electron chi connectivity index (χ0n) is 10.9. The maximum absolute atomic E-state index is 11.3. The lowest BCUT2D eigenvalue weighted by molar-refractivity contribution is 0.318. The predicted octanol–water partition coefficient (Wildman–Crippen LogP) is 1.03. The molecule has 0 aromatic carbocycles. The van der Waals surface area contributed by atoms with Crippen molar-refractivity contribution in [2.45, 2.75) is 23.9 Å². The van der Waals surface area contributed by atoms with E-state index in [1.807, 2.05) is 6.92 Å². The van der Waals surface area contributed by atoms with Gasteiger partial charge in [0.25, 0.3) is 5.56 Å². The fourth-order valence-corrected chi connectivity index (χ4v) is 2.80. The van der Waals surface area contributed by atoms with Crippen LogP contribution in [0.3, 0.4) is 0 Å². The summed E-state index contributed by atoms with van der Waals surface area (Å²) in [4.78, 5) is 22.9. The number of hydrogen-bond acceptors (Lipinski definition) is 6. The highest BCUT2D eigenvalue weighted by molar-refractivity contribution is 7.99. The van der Waals surface area contributed by atoms with Gasteiger partial charge in [-0.3, -0.25) is 9.78 Å². The number of nitrogens with two attached hydrogens (primary N) is 1. The molecule has 0 fully saturated rings. The molecule has 8 heteroatoms. The van der Waals surface area contributed by atoms with Crippen molar-refractivity contribution in [3.63, 3.8) is 0 Å². The molecule has 2 rings (SSSR count). The lowest BCUT2D eigenvalue weighted by Crippen LogP contribution is -2.17. The van der Waals surface area contributed by atoms with Crippen LogP contribution in [0.15, 0.2) is 38.3 Å². The first kappa shape index (κ1) is 14.1. The Morgan fingerprint density at radius 3 is 2.90 bits per heavy atom. The highest BCUT2D eigenvalue weighted by Gasteiger charge is 2.14. The van der Waals surface area contributed by atoms with E-state index in [4.69, 9.17) is 10.9 Å². The van der Waals surface area contributed by atoms with Gasteiger partial charge in [0.15, 0.2) is 11.0 Å². The molecule has 0 spiro atoms. The Bertz CT molecular complexity index is 726. The van der Waals surface area contributed by atoms with Crippen LogP contribution in [0.2, 0.25) is 0 Å². The van der Waals surface area contributed by atoms with E-state index in [1.165, 1.54) is 24.0 Å². The summed E-state index contributed by atoms with van der Waals surface area (Å²) in [5, 5.41) is 12.3. The molecular weight excluding hydrogens is 278 g/mol. The van der Waals surface area contributed by atoms with E-state index in [-0.39, 0.29) is 11.4 Å². The number of aromatic amines is 1. The zero-order valence-corrected chi connectivity index (χ0v) is 11.7. The minimum atomic E-state index is -0.240. The fraction of sp³-hybridized carbons (Fsp3) is 0.167. The molecule has 0 bridgehead atoms. The molecule has 0 aliphatic carbocycles. The normalized spacial score (nSPS) is 11.6. The molecule has 2 aromatic heterocycles. The summed E-state index contributed by atoms with van der Waals surface area (Å²) in [5.41, 5.74) is 7.40. The van der Waals surface area contributed by atoms with Gasteiger partial charge >= 0.3 is 0 Å². The highest BCUT2D eigenvalue weighted by atomic mass is 32.2. The molecule has 0 atom stereocenters. The van der Waals surface area contributed by atoms with Gasteiger partial charge in [-0.15, -0.1) is 0 Å².